The lowest BCUT2D eigenvalue weighted by Crippen LogP contribution is -2.34. The van der Waals surface area contributed by atoms with Crippen LogP contribution in [-0.2, 0) is 32.7 Å². The molecule has 4 N–H and O–H groups in total. The van der Waals surface area contributed by atoms with E-state index in [4.69, 9.17) is 29.4 Å². The molecule has 10 nitrogen and oxygen atoms in total. The molecule has 0 fully saturated rings. The molecule has 0 amide bonds. The van der Waals surface area contributed by atoms with Gasteiger partial charge in [0.1, 0.15) is 12.1 Å². The van der Waals surface area contributed by atoms with E-state index in [1.807, 2.05) is 0 Å². The first kappa shape index (κ1) is 59.2. The minimum Gasteiger partial charge on any atom is -0.480 e. The summed E-state index contributed by atoms with van der Waals surface area (Å²) >= 11 is 0. The van der Waals surface area contributed by atoms with E-state index >= 15 is 0 Å². The zero-order valence-corrected chi connectivity index (χ0v) is 40.2. The number of allylic oxidation sites excluding steroid dienone is 6. The number of carboxylic acid groups (broad SMARTS) is 1. The summed E-state index contributed by atoms with van der Waals surface area (Å²) in [6, 6.07) is -1.47. The summed E-state index contributed by atoms with van der Waals surface area (Å²) in [6.07, 6.45) is 53.4. The van der Waals surface area contributed by atoms with E-state index in [9.17, 15) is 19.0 Å². The highest BCUT2D eigenvalue weighted by atomic mass is 31.2. The van der Waals surface area contributed by atoms with Gasteiger partial charge in [-0.3, -0.25) is 18.6 Å². The Morgan fingerprint density at radius 3 is 1.34 bits per heavy atom. The molecular weight excluding hydrogens is 790 g/mol. The second kappa shape index (κ2) is 46.2. The van der Waals surface area contributed by atoms with Crippen molar-refractivity contribution in [1.29, 1.82) is 0 Å². The van der Waals surface area contributed by atoms with Crippen molar-refractivity contribution in [3.8, 4) is 0 Å². The minimum atomic E-state index is -4.62. The van der Waals surface area contributed by atoms with E-state index in [-0.39, 0.29) is 13.0 Å². The summed E-state index contributed by atoms with van der Waals surface area (Å²) in [7, 11) is -4.62. The molecule has 3 atom stereocenters. The number of nitrogens with two attached hydrogens (primary N) is 1. The summed E-state index contributed by atoms with van der Waals surface area (Å²) in [5.41, 5.74) is 5.37. The first-order valence-electron chi connectivity index (χ1n) is 25.0. The Morgan fingerprint density at radius 2 is 0.902 bits per heavy atom. The fraction of sp³-hybridized carbons (Fsp3) is 0.840. The summed E-state index contributed by atoms with van der Waals surface area (Å²) in [5.74, 6) is -1.78. The lowest BCUT2D eigenvalue weighted by molar-refractivity contribution is -0.154. The van der Waals surface area contributed by atoms with Crippen LogP contribution >= 0.6 is 7.82 Å². The van der Waals surface area contributed by atoms with Crippen molar-refractivity contribution in [2.45, 2.75) is 244 Å². The van der Waals surface area contributed by atoms with E-state index < -0.39 is 45.1 Å². The quantitative estimate of drug-likeness (QED) is 0.0233. The van der Waals surface area contributed by atoms with Crippen molar-refractivity contribution in [2.75, 3.05) is 26.4 Å². The van der Waals surface area contributed by atoms with Gasteiger partial charge in [-0.25, -0.2) is 4.57 Å². The molecule has 358 valence electrons. The molecule has 0 bridgehead atoms. The molecule has 0 saturated heterocycles. The highest BCUT2D eigenvalue weighted by Gasteiger charge is 2.27. The van der Waals surface area contributed by atoms with Crippen LogP contribution in [0.2, 0.25) is 0 Å². The summed E-state index contributed by atoms with van der Waals surface area (Å²) in [4.78, 5) is 33.7. The number of ether oxygens (including phenoxy) is 2. The number of aliphatic carboxylic acids is 1. The van der Waals surface area contributed by atoms with Crippen molar-refractivity contribution in [2.24, 2.45) is 5.73 Å². The molecule has 0 spiro atoms. The van der Waals surface area contributed by atoms with Crippen molar-refractivity contribution in [3.05, 3.63) is 36.5 Å². The molecule has 0 heterocycles. The SMILES string of the molecule is CCCCCCC/C=C\C/C=C\CCCCCCCCCCCCCC(=O)OC(COCCCCCCCC/C=C\CCCCCCCC)COP(=O)(O)OCC(N)C(=O)O. The maximum absolute atomic E-state index is 12.7. The monoisotopic (exact) mass is 884 g/mol. The molecule has 0 aliphatic heterocycles. The number of unbranched alkanes of at least 4 members (excludes halogenated alkanes) is 28. The first-order chi connectivity index (χ1) is 29.7. The van der Waals surface area contributed by atoms with Gasteiger partial charge in [0.05, 0.1) is 19.8 Å². The molecule has 0 aromatic carbocycles. The number of phosphoric acid groups is 1. The number of carbonyl (C=O) groups is 2. The Labute approximate surface area is 374 Å². The Kier molecular flexibility index (Phi) is 44.8. The number of hydrogen-bond acceptors (Lipinski definition) is 8. The van der Waals surface area contributed by atoms with Crippen LogP contribution in [0.5, 0.6) is 0 Å². The topological polar surface area (TPSA) is 155 Å². The molecule has 11 heteroatoms. The van der Waals surface area contributed by atoms with E-state index in [1.54, 1.807) is 0 Å². The van der Waals surface area contributed by atoms with Gasteiger partial charge < -0.3 is 25.2 Å². The average Bonchev–Trinajstić information content (AvgIpc) is 3.24. The molecule has 0 aliphatic rings. The third-order valence-corrected chi connectivity index (χ3v) is 11.8. The molecule has 0 aromatic heterocycles. The van der Waals surface area contributed by atoms with Crippen LogP contribution in [0, 0.1) is 0 Å². The van der Waals surface area contributed by atoms with Crippen molar-refractivity contribution < 1.29 is 42.7 Å². The molecule has 0 rings (SSSR count). The Bertz CT molecular complexity index is 1110. The van der Waals surface area contributed by atoms with Crippen LogP contribution in [0.1, 0.15) is 232 Å². The number of phosphoric ester groups is 1. The van der Waals surface area contributed by atoms with Crippen LogP contribution in [0.4, 0.5) is 0 Å². The zero-order valence-electron chi connectivity index (χ0n) is 39.3. The maximum atomic E-state index is 12.7. The van der Waals surface area contributed by atoms with E-state index in [1.165, 1.54) is 154 Å². The Hall–Kier alpha value is -1.81. The van der Waals surface area contributed by atoms with Gasteiger partial charge in [-0.1, -0.05) is 192 Å². The molecule has 0 aromatic rings. The summed E-state index contributed by atoms with van der Waals surface area (Å²) < 4.78 is 33.5. The van der Waals surface area contributed by atoms with Gasteiger partial charge in [-0.15, -0.1) is 0 Å². The second-order valence-corrected chi connectivity index (χ2v) is 18.4. The van der Waals surface area contributed by atoms with Gasteiger partial charge >= 0.3 is 19.8 Å². The van der Waals surface area contributed by atoms with Gasteiger partial charge in [0.25, 0.3) is 0 Å². The summed E-state index contributed by atoms with van der Waals surface area (Å²) in [5, 5.41) is 8.92. The Morgan fingerprint density at radius 1 is 0.525 bits per heavy atom. The van der Waals surface area contributed by atoms with Gasteiger partial charge in [0.15, 0.2) is 0 Å². The lowest BCUT2D eigenvalue weighted by atomic mass is 10.0. The number of carbonyl (C=O) groups excluding carboxylic acids is 1. The fourth-order valence-electron chi connectivity index (χ4n) is 6.98. The maximum Gasteiger partial charge on any atom is 0.472 e. The van der Waals surface area contributed by atoms with Crippen LogP contribution in [0.3, 0.4) is 0 Å². The van der Waals surface area contributed by atoms with Gasteiger partial charge in [-0.05, 0) is 70.6 Å². The van der Waals surface area contributed by atoms with Crippen LogP contribution in [0.25, 0.3) is 0 Å². The van der Waals surface area contributed by atoms with Crippen molar-refractivity contribution in [3.63, 3.8) is 0 Å². The van der Waals surface area contributed by atoms with Gasteiger partial charge in [-0.2, -0.15) is 0 Å². The van der Waals surface area contributed by atoms with E-state index in [0.29, 0.717) is 13.0 Å². The Balaban J connectivity index is 4.14. The predicted octanol–water partition coefficient (Wildman–Crippen LogP) is 14.4. The highest BCUT2D eigenvalue weighted by molar-refractivity contribution is 7.47. The molecule has 3 unspecified atom stereocenters. The van der Waals surface area contributed by atoms with Crippen LogP contribution in [-0.4, -0.2) is 60.5 Å². The van der Waals surface area contributed by atoms with Gasteiger partial charge in [0, 0.05) is 13.0 Å². The van der Waals surface area contributed by atoms with Crippen LogP contribution in [0.15, 0.2) is 36.5 Å². The van der Waals surface area contributed by atoms with E-state index in [2.05, 4.69) is 50.3 Å². The zero-order chi connectivity index (χ0) is 44.8. The second-order valence-electron chi connectivity index (χ2n) is 16.9. The predicted molar refractivity (Wildman–Crippen MR) is 254 cm³/mol. The highest BCUT2D eigenvalue weighted by Crippen LogP contribution is 2.43. The smallest absolute Gasteiger partial charge is 0.472 e. The summed E-state index contributed by atoms with van der Waals surface area (Å²) in [6.45, 7) is 3.88. The van der Waals surface area contributed by atoms with Crippen molar-refractivity contribution >= 4 is 19.8 Å². The molecule has 61 heavy (non-hydrogen) atoms. The van der Waals surface area contributed by atoms with Crippen LogP contribution < -0.4 is 5.73 Å². The molecule has 0 aliphatic carbocycles. The normalized spacial score (nSPS) is 14.0. The number of hydrogen-bond donors (Lipinski definition) is 3. The average molecular weight is 884 g/mol. The van der Waals surface area contributed by atoms with Crippen molar-refractivity contribution in [1.82, 2.24) is 0 Å². The fourth-order valence-corrected chi connectivity index (χ4v) is 7.76. The third-order valence-electron chi connectivity index (χ3n) is 10.9. The molecule has 0 saturated carbocycles. The lowest BCUT2D eigenvalue weighted by Gasteiger charge is -2.20. The van der Waals surface area contributed by atoms with E-state index in [0.717, 1.165) is 51.4 Å². The minimum absolute atomic E-state index is 0.0136. The standard InChI is InChI=1S/C50H94NO9P/c1-3-5-7-9-11-13-15-17-19-21-22-23-24-25-26-27-28-30-32-34-36-38-40-42-49(52)60-47(45-58-61(55,56)59-46-48(51)50(53)54)44-57-43-41-39-37-35-33-31-29-20-18-16-14-12-10-8-6-4-2/h15,17-18,20-22,47-48H,3-14,16,19,23-46,51H2,1-2H3,(H,53,54)(H,55,56)/b17-15-,20-18-,22-21-. The third kappa shape index (κ3) is 46.0. The first-order valence-corrected chi connectivity index (χ1v) is 26.5. The largest absolute Gasteiger partial charge is 0.480 e. The number of esters is 1. The number of rotatable bonds is 48. The molecular formula is C50H94NO9P. The molecule has 0 radical (unpaired) electrons. The number of carboxylic acids is 1. The van der Waals surface area contributed by atoms with Gasteiger partial charge in [0.2, 0.25) is 0 Å².